The lowest BCUT2D eigenvalue weighted by molar-refractivity contribution is -0.138. The standard InChI is InChI=1S/C7H9N3O2.2ClH/c8-6(7(11)12)3-5-1-2-9-4-10-5;;/h1-2,4,6H,3,8H2,(H,11,12);2*1H. The van der Waals surface area contributed by atoms with Crippen molar-refractivity contribution in [1.29, 1.82) is 0 Å². The molecule has 0 amide bonds. The first-order valence-corrected chi connectivity index (χ1v) is 3.43. The number of halogens is 2. The zero-order valence-corrected chi connectivity index (χ0v) is 8.79. The van der Waals surface area contributed by atoms with Gasteiger partial charge in [-0.1, -0.05) is 0 Å². The number of carboxylic acids is 1. The molecule has 7 heteroatoms. The van der Waals surface area contributed by atoms with Gasteiger partial charge in [-0.2, -0.15) is 0 Å². The van der Waals surface area contributed by atoms with Crippen LogP contribution in [0.25, 0.3) is 0 Å². The highest BCUT2D eigenvalue weighted by Crippen LogP contribution is 1.95. The molecule has 0 radical (unpaired) electrons. The van der Waals surface area contributed by atoms with Gasteiger partial charge in [0.2, 0.25) is 0 Å². The van der Waals surface area contributed by atoms with Crippen LogP contribution in [-0.2, 0) is 11.2 Å². The molecule has 0 spiro atoms. The van der Waals surface area contributed by atoms with Crippen molar-refractivity contribution >= 4 is 30.8 Å². The van der Waals surface area contributed by atoms with Gasteiger partial charge in [-0.15, -0.1) is 24.8 Å². The van der Waals surface area contributed by atoms with Crippen molar-refractivity contribution in [2.75, 3.05) is 0 Å². The van der Waals surface area contributed by atoms with Crippen LogP contribution in [0.2, 0.25) is 0 Å². The zero-order chi connectivity index (χ0) is 8.97. The third-order valence-electron chi connectivity index (χ3n) is 1.39. The van der Waals surface area contributed by atoms with E-state index in [0.29, 0.717) is 5.69 Å². The Hall–Kier alpha value is -0.910. The number of aliphatic carboxylic acids is 1. The van der Waals surface area contributed by atoms with E-state index in [1.807, 2.05) is 0 Å². The number of carboxylic acid groups (broad SMARTS) is 1. The fraction of sp³-hybridized carbons (Fsp3) is 0.286. The second-order valence-corrected chi connectivity index (χ2v) is 2.35. The van der Waals surface area contributed by atoms with Crippen LogP contribution in [0.15, 0.2) is 18.6 Å². The highest BCUT2D eigenvalue weighted by atomic mass is 35.5. The van der Waals surface area contributed by atoms with Crippen molar-refractivity contribution in [3.8, 4) is 0 Å². The molecule has 0 saturated heterocycles. The van der Waals surface area contributed by atoms with Crippen LogP contribution in [0.3, 0.4) is 0 Å². The van der Waals surface area contributed by atoms with E-state index in [1.165, 1.54) is 6.33 Å². The van der Waals surface area contributed by atoms with Gasteiger partial charge in [0.25, 0.3) is 0 Å². The van der Waals surface area contributed by atoms with Gasteiger partial charge in [0.05, 0.1) is 0 Å². The fourth-order valence-corrected chi connectivity index (χ4v) is 0.751. The Labute approximate surface area is 93.6 Å². The van der Waals surface area contributed by atoms with Crippen LogP contribution >= 0.6 is 24.8 Å². The number of hydrogen-bond acceptors (Lipinski definition) is 4. The van der Waals surface area contributed by atoms with E-state index < -0.39 is 12.0 Å². The average molecular weight is 240 g/mol. The molecule has 1 atom stereocenters. The summed E-state index contributed by atoms with van der Waals surface area (Å²) < 4.78 is 0. The molecule has 1 heterocycles. The Bertz CT molecular complexity index is 271. The molecular formula is C7H11Cl2N3O2. The molecule has 1 unspecified atom stereocenters. The molecule has 14 heavy (non-hydrogen) atoms. The van der Waals surface area contributed by atoms with Crippen LogP contribution < -0.4 is 5.73 Å². The highest BCUT2D eigenvalue weighted by molar-refractivity contribution is 5.85. The third-order valence-corrected chi connectivity index (χ3v) is 1.39. The second-order valence-electron chi connectivity index (χ2n) is 2.35. The van der Waals surface area contributed by atoms with Crippen LogP contribution in [0.5, 0.6) is 0 Å². The van der Waals surface area contributed by atoms with Gasteiger partial charge < -0.3 is 10.8 Å². The number of carbonyl (C=O) groups is 1. The van der Waals surface area contributed by atoms with Gasteiger partial charge in [0.1, 0.15) is 12.4 Å². The first kappa shape index (κ1) is 15.6. The smallest absolute Gasteiger partial charge is 0.320 e. The molecule has 0 aliphatic heterocycles. The Morgan fingerprint density at radius 1 is 1.57 bits per heavy atom. The van der Waals surface area contributed by atoms with Crippen molar-refractivity contribution < 1.29 is 9.90 Å². The van der Waals surface area contributed by atoms with Gasteiger partial charge >= 0.3 is 5.97 Å². The van der Waals surface area contributed by atoms with Gasteiger partial charge in [0, 0.05) is 18.3 Å². The lowest BCUT2D eigenvalue weighted by atomic mass is 10.2. The van der Waals surface area contributed by atoms with Crippen molar-refractivity contribution in [2.45, 2.75) is 12.5 Å². The summed E-state index contributed by atoms with van der Waals surface area (Å²) in [6, 6.07) is 0.753. The normalized spacial score (nSPS) is 10.6. The summed E-state index contributed by atoms with van der Waals surface area (Å²) in [7, 11) is 0. The van der Waals surface area contributed by atoms with E-state index in [4.69, 9.17) is 10.8 Å². The highest BCUT2D eigenvalue weighted by Gasteiger charge is 2.11. The fourth-order valence-electron chi connectivity index (χ4n) is 0.751. The molecule has 1 aromatic heterocycles. The minimum absolute atomic E-state index is 0. The molecule has 3 N–H and O–H groups in total. The van der Waals surface area contributed by atoms with E-state index in [0.717, 1.165) is 0 Å². The quantitative estimate of drug-likeness (QED) is 0.791. The molecule has 1 aromatic rings. The summed E-state index contributed by atoms with van der Waals surface area (Å²) in [6.07, 6.45) is 3.15. The number of hydrogen-bond donors (Lipinski definition) is 2. The van der Waals surface area contributed by atoms with E-state index in [-0.39, 0.29) is 31.2 Å². The second kappa shape index (κ2) is 7.49. The van der Waals surface area contributed by atoms with E-state index in [9.17, 15) is 4.79 Å². The van der Waals surface area contributed by atoms with Gasteiger partial charge in [-0.05, 0) is 6.07 Å². The zero-order valence-electron chi connectivity index (χ0n) is 7.16. The number of aromatic nitrogens is 2. The maximum atomic E-state index is 10.3. The van der Waals surface area contributed by atoms with E-state index >= 15 is 0 Å². The Kier molecular flexibility index (Phi) is 8.32. The van der Waals surface area contributed by atoms with Crippen LogP contribution in [0, 0.1) is 0 Å². The molecule has 0 aliphatic rings. The van der Waals surface area contributed by atoms with Crippen LogP contribution in [0.1, 0.15) is 5.69 Å². The Balaban J connectivity index is 0. The first-order valence-electron chi connectivity index (χ1n) is 3.43. The van der Waals surface area contributed by atoms with Crippen molar-refractivity contribution in [3.05, 3.63) is 24.3 Å². The lowest BCUT2D eigenvalue weighted by Gasteiger charge is -2.03. The topological polar surface area (TPSA) is 89.1 Å². The molecular weight excluding hydrogens is 229 g/mol. The Morgan fingerprint density at radius 2 is 2.21 bits per heavy atom. The van der Waals surface area contributed by atoms with Crippen molar-refractivity contribution in [3.63, 3.8) is 0 Å². The summed E-state index contributed by atoms with van der Waals surface area (Å²) in [5, 5.41) is 8.47. The van der Waals surface area contributed by atoms with Crippen LogP contribution in [-0.4, -0.2) is 27.1 Å². The first-order chi connectivity index (χ1) is 5.70. The molecule has 5 nitrogen and oxygen atoms in total. The van der Waals surface area contributed by atoms with Crippen LogP contribution in [0.4, 0.5) is 0 Å². The molecule has 1 rings (SSSR count). The molecule has 0 saturated carbocycles. The maximum absolute atomic E-state index is 10.3. The average Bonchev–Trinajstić information content (AvgIpc) is 2.06. The summed E-state index contributed by atoms with van der Waals surface area (Å²) in [5.74, 6) is -1.02. The van der Waals surface area contributed by atoms with E-state index in [1.54, 1.807) is 12.3 Å². The maximum Gasteiger partial charge on any atom is 0.320 e. The van der Waals surface area contributed by atoms with Crippen molar-refractivity contribution in [2.24, 2.45) is 5.73 Å². The Morgan fingerprint density at radius 3 is 2.64 bits per heavy atom. The largest absolute Gasteiger partial charge is 0.480 e. The molecule has 0 aromatic carbocycles. The molecule has 0 aliphatic carbocycles. The summed E-state index contributed by atoms with van der Waals surface area (Å²) in [4.78, 5) is 17.9. The molecule has 0 fully saturated rings. The molecule has 80 valence electrons. The summed E-state index contributed by atoms with van der Waals surface area (Å²) in [6.45, 7) is 0. The number of rotatable bonds is 3. The minimum Gasteiger partial charge on any atom is -0.480 e. The third kappa shape index (κ3) is 4.96. The summed E-state index contributed by atoms with van der Waals surface area (Å²) in [5.41, 5.74) is 5.93. The van der Waals surface area contributed by atoms with Gasteiger partial charge in [0.15, 0.2) is 0 Å². The van der Waals surface area contributed by atoms with Crippen molar-refractivity contribution in [1.82, 2.24) is 9.97 Å². The SMILES string of the molecule is Cl.Cl.NC(Cc1ccncn1)C(=O)O. The lowest BCUT2D eigenvalue weighted by Crippen LogP contribution is -2.32. The predicted octanol–water partition coefficient (Wildman–Crippen LogP) is 0.275. The predicted molar refractivity (Wildman–Crippen MR) is 55.8 cm³/mol. The monoisotopic (exact) mass is 239 g/mol. The minimum atomic E-state index is -1.02. The molecule has 0 bridgehead atoms. The number of nitrogens with two attached hydrogens (primary N) is 1. The van der Waals surface area contributed by atoms with E-state index in [2.05, 4.69) is 9.97 Å². The summed E-state index contributed by atoms with van der Waals surface area (Å²) >= 11 is 0. The number of nitrogens with zero attached hydrogens (tertiary/aromatic N) is 2. The van der Waals surface area contributed by atoms with Gasteiger partial charge in [-0.25, -0.2) is 9.97 Å². The van der Waals surface area contributed by atoms with Gasteiger partial charge in [-0.3, -0.25) is 4.79 Å².